The molecule has 0 aromatic carbocycles. The molecule has 2 aliphatic rings. The van der Waals surface area contributed by atoms with Gasteiger partial charge in [0.05, 0.1) is 17.9 Å². The Morgan fingerprint density at radius 1 is 1.41 bits per heavy atom. The molecule has 1 amide bonds. The van der Waals surface area contributed by atoms with E-state index in [1.165, 1.54) is 11.3 Å². The van der Waals surface area contributed by atoms with Crippen LogP contribution in [0.15, 0.2) is 23.7 Å². The Balaban J connectivity index is 1.58. The lowest BCUT2D eigenvalue weighted by Gasteiger charge is -2.38. The van der Waals surface area contributed by atoms with Crippen molar-refractivity contribution < 1.29 is 18.6 Å². The van der Waals surface area contributed by atoms with Gasteiger partial charge in [-0.15, -0.1) is 22.1 Å². The molecule has 3 heterocycles. The van der Waals surface area contributed by atoms with Crippen LogP contribution >= 0.6 is 22.1 Å². The summed E-state index contributed by atoms with van der Waals surface area (Å²) in [4.78, 5) is 21.6. The monoisotopic (exact) mass is 438 g/mol. The first-order chi connectivity index (χ1) is 13.8. The molecule has 29 heavy (non-hydrogen) atoms. The fourth-order valence-electron chi connectivity index (χ4n) is 3.21. The highest BCUT2D eigenvalue weighted by atomic mass is 32.3. The summed E-state index contributed by atoms with van der Waals surface area (Å²) in [6.07, 6.45) is 4.64. The van der Waals surface area contributed by atoms with Crippen LogP contribution < -0.4 is 14.4 Å². The van der Waals surface area contributed by atoms with Crippen molar-refractivity contribution in [1.82, 2.24) is 15.3 Å². The Morgan fingerprint density at radius 2 is 2.21 bits per heavy atom. The van der Waals surface area contributed by atoms with Crippen molar-refractivity contribution in [3.8, 4) is 5.88 Å². The molecule has 1 saturated heterocycles. The first-order valence-electron chi connectivity index (χ1n) is 9.66. The van der Waals surface area contributed by atoms with E-state index < -0.39 is 16.3 Å². The summed E-state index contributed by atoms with van der Waals surface area (Å²) in [5, 5.41) is 5.64. The molecule has 0 spiro atoms. The minimum Gasteiger partial charge on any atom is -0.476 e. The molecular formula is C19H26N4O4S2. The number of nitrogens with zero attached hydrogens (tertiary/aromatic N) is 3. The van der Waals surface area contributed by atoms with Crippen molar-refractivity contribution in [1.29, 1.82) is 0 Å². The molecule has 0 bridgehead atoms. The Hall–Kier alpha value is -1.88. The third kappa shape index (κ3) is 4.50. The van der Waals surface area contributed by atoms with E-state index in [9.17, 15) is 13.9 Å². The van der Waals surface area contributed by atoms with E-state index in [0.29, 0.717) is 36.9 Å². The topological polar surface area (TPSA) is 108 Å². The lowest BCUT2D eigenvalue weighted by molar-refractivity contribution is 0.0905. The van der Waals surface area contributed by atoms with Crippen LogP contribution in [-0.2, 0) is 5.54 Å². The smallest absolute Gasteiger partial charge is 0.270 e. The second-order valence-electron chi connectivity index (χ2n) is 7.98. The number of amides is 1. The minimum absolute atomic E-state index is 0.222. The molecule has 2 fully saturated rings. The van der Waals surface area contributed by atoms with Crippen molar-refractivity contribution >= 4 is 33.7 Å². The molecule has 1 aliphatic carbocycles. The Morgan fingerprint density at radius 3 is 2.83 bits per heavy atom. The highest BCUT2D eigenvalue weighted by Gasteiger charge is 2.33. The first-order valence-corrected chi connectivity index (χ1v) is 12.2. The molecule has 2 aromatic heterocycles. The molecule has 158 valence electrons. The zero-order chi connectivity index (χ0) is 20.6. The van der Waals surface area contributed by atoms with Gasteiger partial charge >= 0.3 is 0 Å². The number of pyridine rings is 1. The number of carbonyl (C=O) groups is 1. The van der Waals surface area contributed by atoms with Gasteiger partial charge in [0.25, 0.3) is 5.91 Å². The Labute approximate surface area is 175 Å². The van der Waals surface area contributed by atoms with Gasteiger partial charge in [0.1, 0.15) is 16.4 Å². The van der Waals surface area contributed by atoms with Crippen molar-refractivity contribution in [3.05, 3.63) is 34.4 Å². The normalized spacial score (nSPS) is 19.8. The maximum absolute atomic E-state index is 12.9. The Kier molecular flexibility index (Phi) is 5.45. The standard InChI is InChI=1S/C19H26N4O4S2/c1-19(2,18-20-8-10-28-18)22-16(24)14-6-7-15(23-9-3-11-29(23,25)26)17(21-14)27-12-13-4-5-13/h6-8,10,13,25-26H,3-5,9,11-12H2,1-2H3,(H,22,24). The van der Waals surface area contributed by atoms with Gasteiger partial charge in [0, 0.05) is 18.1 Å². The summed E-state index contributed by atoms with van der Waals surface area (Å²) in [5.41, 5.74) is 0.115. The van der Waals surface area contributed by atoms with Crippen molar-refractivity contribution in [3.63, 3.8) is 0 Å². The lowest BCUT2D eigenvalue weighted by atomic mass is 10.1. The van der Waals surface area contributed by atoms with Crippen LogP contribution in [0.2, 0.25) is 0 Å². The van der Waals surface area contributed by atoms with Crippen LogP contribution in [0.4, 0.5) is 5.69 Å². The van der Waals surface area contributed by atoms with E-state index in [4.69, 9.17) is 4.74 Å². The van der Waals surface area contributed by atoms with Gasteiger partial charge in [-0.3, -0.25) is 18.2 Å². The van der Waals surface area contributed by atoms with E-state index in [2.05, 4.69) is 15.3 Å². The number of ether oxygens (including phenoxy) is 1. The minimum atomic E-state index is -2.87. The maximum Gasteiger partial charge on any atom is 0.270 e. The van der Waals surface area contributed by atoms with Crippen molar-refractivity contribution in [2.24, 2.45) is 5.92 Å². The SMILES string of the molecule is CC(C)(NC(=O)c1ccc(N2CCCS2(O)O)c(OCC2CC2)n1)c1nccs1. The summed E-state index contributed by atoms with van der Waals surface area (Å²) in [5.74, 6) is 0.781. The maximum atomic E-state index is 12.9. The zero-order valence-electron chi connectivity index (χ0n) is 16.5. The fraction of sp³-hybridized carbons (Fsp3) is 0.526. The predicted octanol–water partition coefficient (Wildman–Crippen LogP) is 3.87. The van der Waals surface area contributed by atoms with Crippen LogP contribution in [0, 0.1) is 5.92 Å². The summed E-state index contributed by atoms with van der Waals surface area (Å²) in [7, 11) is -2.87. The Bertz CT molecular complexity index is 884. The van der Waals surface area contributed by atoms with Gasteiger partial charge in [-0.05, 0) is 51.2 Å². The predicted molar refractivity (Wildman–Crippen MR) is 115 cm³/mol. The average Bonchev–Trinajstić information content (AvgIpc) is 3.17. The first kappa shape index (κ1) is 20.4. The van der Waals surface area contributed by atoms with Gasteiger partial charge in [0.15, 0.2) is 0 Å². The third-order valence-corrected chi connectivity index (χ3v) is 8.04. The highest BCUT2D eigenvalue weighted by molar-refractivity contribution is 8.25. The van der Waals surface area contributed by atoms with E-state index in [0.717, 1.165) is 17.8 Å². The van der Waals surface area contributed by atoms with Crippen LogP contribution in [0.25, 0.3) is 0 Å². The van der Waals surface area contributed by atoms with Crippen LogP contribution in [0.3, 0.4) is 0 Å². The highest BCUT2D eigenvalue weighted by Crippen LogP contribution is 2.53. The summed E-state index contributed by atoms with van der Waals surface area (Å²) >= 11 is 1.48. The van der Waals surface area contributed by atoms with Crippen LogP contribution in [0.1, 0.15) is 48.6 Å². The van der Waals surface area contributed by atoms with E-state index in [1.54, 1.807) is 22.6 Å². The zero-order valence-corrected chi connectivity index (χ0v) is 18.1. The van der Waals surface area contributed by atoms with Crippen LogP contribution in [0.5, 0.6) is 5.88 Å². The number of anilines is 1. The van der Waals surface area contributed by atoms with Crippen molar-refractivity contribution in [2.75, 3.05) is 23.2 Å². The molecule has 2 aromatic rings. The van der Waals surface area contributed by atoms with E-state index in [1.807, 2.05) is 19.2 Å². The van der Waals surface area contributed by atoms with E-state index >= 15 is 0 Å². The number of hydrogen-bond donors (Lipinski definition) is 3. The fourth-order valence-corrected chi connectivity index (χ4v) is 5.54. The number of hydrogen-bond acceptors (Lipinski definition) is 8. The van der Waals surface area contributed by atoms with Gasteiger partial charge in [0.2, 0.25) is 5.88 Å². The molecule has 0 atom stereocenters. The molecule has 3 N–H and O–H groups in total. The second kappa shape index (κ2) is 7.75. The number of thiazole rings is 1. The van der Waals surface area contributed by atoms with Crippen molar-refractivity contribution in [2.45, 2.75) is 38.6 Å². The molecule has 0 radical (unpaired) electrons. The summed E-state index contributed by atoms with van der Waals surface area (Å²) in [6, 6.07) is 3.29. The lowest BCUT2D eigenvalue weighted by Crippen LogP contribution is -2.41. The summed E-state index contributed by atoms with van der Waals surface area (Å²) < 4.78 is 28.2. The summed E-state index contributed by atoms with van der Waals surface area (Å²) in [6.45, 7) is 4.82. The quantitative estimate of drug-likeness (QED) is 0.602. The number of rotatable bonds is 7. The van der Waals surface area contributed by atoms with Gasteiger partial charge in [-0.25, -0.2) is 9.97 Å². The molecule has 1 saturated carbocycles. The molecule has 10 heteroatoms. The molecule has 4 rings (SSSR count). The third-order valence-electron chi connectivity index (χ3n) is 5.02. The van der Waals surface area contributed by atoms with Crippen LogP contribution in [-0.4, -0.2) is 43.9 Å². The largest absolute Gasteiger partial charge is 0.476 e. The average molecular weight is 439 g/mol. The molecular weight excluding hydrogens is 412 g/mol. The second-order valence-corrected chi connectivity index (χ2v) is 11.0. The van der Waals surface area contributed by atoms with Gasteiger partial charge < -0.3 is 10.1 Å². The number of aromatic nitrogens is 2. The molecule has 8 nitrogen and oxygen atoms in total. The van der Waals surface area contributed by atoms with Gasteiger partial charge in [-0.1, -0.05) is 0 Å². The molecule has 1 aliphatic heterocycles. The molecule has 0 unspecified atom stereocenters. The number of nitrogens with one attached hydrogen (secondary N) is 1. The van der Waals surface area contributed by atoms with E-state index in [-0.39, 0.29) is 17.5 Å². The number of carbonyl (C=O) groups excluding carboxylic acids is 1. The van der Waals surface area contributed by atoms with Gasteiger partial charge in [-0.2, -0.15) is 0 Å².